The number of benzene rings is 10. The van der Waals surface area contributed by atoms with Crippen LogP contribution < -0.4 is 0 Å². The van der Waals surface area contributed by atoms with E-state index in [9.17, 15) is 0 Å². The van der Waals surface area contributed by atoms with Crippen LogP contribution in [-0.4, -0.2) is 9.08 Å². The molecule has 60 heavy (non-hydrogen) atoms. The summed E-state index contributed by atoms with van der Waals surface area (Å²) >= 11 is -3.22. The van der Waals surface area contributed by atoms with Gasteiger partial charge in [-0.25, -0.2) is 0 Å². The van der Waals surface area contributed by atoms with E-state index in [0.29, 0.717) is 0 Å². The van der Waals surface area contributed by atoms with Gasteiger partial charge in [0.15, 0.2) is 0 Å². The number of rotatable bonds is 5. The van der Waals surface area contributed by atoms with Gasteiger partial charge in [0.05, 0.1) is 0 Å². The molecule has 10 aromatic carbocycles. The van der Waals surface area contributed by atoms with Crippen molar-refractivity contribution in [2.75, 3.05) is 0 Å². The first-order chi connectivity index (χ1) is 29.4. The quantitative estimate of drug-likeness (QED) is 0.120. The fourth-order valence-electron chi connectivity index (χ4n) is 10.3. The number of fused-ring (bicyclic) bond motifs is 13. The third kappa shape index (κ3) is 5.01. The van der Waals surface area contributed by atoms with Crippen LogP contribution in [0.2, 0.25) is 0 Å². The van der Waals surface area contributed by atoms with Gasteiger partial charge >= 0.3 is 280 Å². The third-order valence-corrected chi connectivity index (χ3v) is 21.7. The van der Waals surface area contributed by atoms with Crippen LogP contribution in [0.15, 0.2) is 206 Å². The summed E-state index contributed by atoms with van der Waals surface area (Å²) in [4.78, 5) is 0. The molecule has 0 N–H and O–H groups in total. The standard InChI is InChI=1S/C58H42IN/c1-58(2)52-23-13-11-20-47(52)48-36-32-43(37-53(48)58)59(3,41-16-5-4-6-17-41)42-30-25-38(26-31-42)39-27-33-44(34-28-39)60-54-24-14-12-22-51(54)56-55-45-18-8-7-15-40(45)29-35-49(55)46-19-9-10-21-50(46)57(56)60/h4-37H,3H2,1-2H3. The van der Waals surface area contributed by atoms with Crippen LogP contribution in [0.5, 0.6) is 0 Å². The van der Waals surface area contributed by atoms with Gasteiger partial charge in [0.1, 0.15) is 0 Å². The first-order valence-electron chi connectivity index (χ1n) is 20.8. The minimum absolute atomic E-state index is 0.0644. The Balaban J connectivity index is 0.977. The zero-order valence-corrected chi connectivity index (χ0v) is 35.8. The molecule has 11 aromatic rings. The van der Waals surface area contributed by atoms with Gasteiger partial charge in [0.25, 0.3) is 0 Å². The van der Waals surface area contributed by atoms with Crippen molar-refractivity contribution in [2.45, 2.75) is 19.3 Å². The molecule has 1 aliphatic rings. The molecular weight excluding hydrogens is 838 g/mol. The average molecular weight is 880 g/mol. The predicted octanol–water partition coefficient (Wildman–Crippen LogP) is 15.6. The Labute approximate surface area is 354 Å². The number of para-hydroxylation sites is 1. The van der Waals surface area contributed by atoms with Gasteiger partial charge in [-0.3, -0.25) is 0 Å². The first kappa shape index (κ1) is 35.3. The van der Waals surface area contributed by atoms with E-state index in [1.807, 2.05) is 0 Å². The zero-order valence-electron chi connectivity index (χ0n) is 33.7. The Bertz CT molecular complexity index is 3570. The molecule has 2 heteroatoms. The van der Waals surface area contributed by atoms with E-state index in [0.717, 1.165) is 5.69 Å². The minimum atomic E-state index is -3.22. The zero-order chi connectivity index (χ0) is 40.2. The Hall–Kier alpha value is -6.62. The second-order valence-corrected chi connectivity index (χ2v) is 24.4. The van der Waals surface area contributed by atoms with Gasteiger partial charge in [0, 0.05) is 0 Å². The molecule has 1 atom stereocenters. The summed E-state index contributed by atoms with van der Waals surface area (Å²) in [5.74, 6) is 0. The summed E-state index contributed by atoms with van der Waals surface area (Å²) in [6.45, 7) is 4.74. The molecule has 0 aliphatic heterocycles. The fraction of sp³-hybridized carbons (Fsp3) is 0.0517. The van der Waals surface area contributed by atoms with E-state index in [1.165, 1.54) is 98.2 Å². The van der Waals surface area contributed by atoms with Gasteiger partial charge < -0.3 is 0 Å². The number of nitrogens with zero attached hydrogens (tertiary/aromatic N) is 1. The molecule has 12 rings (SSSR count). The SMILES string of the molecule is C=I(c1ccccc1)(c1ccc(-c2ccc(-n3c4ccccc4c4c5c6ccccc6ccc5c5ccccc5c43)cc2)cc1)c1ccc2c(c1)C(C)(C)c1ccccc1-2. The van der Waals surface area contributed by atoms with Crippen LogP contribution in [0, 0.1) is 10.7 Å². The van der Waals surface area contributed by atoms with Crippen LogP contribution >= 0.6 is 18.0 Å². The Morgan fingerprint density at radius 3 is 1.78 bits per heavy atom. The van der Waals surface area contributed by atoms with Crippen molar-refractivity contribution in [3.63, 3.8) is 0 Å². The molecule has 0 amide bonds. The molecule has 1 nitrogen and oxygen atoms in total. The van der Waals surface area contributed by atoms with E-state index in [-0.39, 0.29) is 5.41 Å². The molecular formula is C58H42IN. The normalized spacial score (nSPS) is 14.7. The van der Waals surface area contributed by atoms with Crippen molar-refractivity contribution in [3.8, 4) is 27.9 Å². The van der Waals surface area contributed by atoms with Crippen LogP contribution in [0.3, 0.4) is 0 Å². The van der Waals surface area contributed by atoms with Crippen molar-refractivity contribution >= 4 is 76.6 Å². The van der Waals surface area contributed by atoms with E-state index < -0.39 is 18.0 Å². The van der Waals surface area contributed by atoms with Crippen molar-refractivity contribution in [1.29, 1.82) is 0 Å². The molecule has 286 valence electrons. The van der Waals surface area contributed by atoms with E-state index in [4.69, 9.17) is 4.51 Å². The summed E-state index contributed by atoms with van der Waals surface area (Å²) in [5.41, 5.74) is 11.5. The summed E-state index contributed by atoms with van der Waals surface area (Å²) in [6, 6.07) is 77.0. The van der Waals surface area contributed by atoms with Gasteiger partial charge in [-0.05, 0) is 16.2 Å². The van der Waals surface area contributed by atoms with E-state index in [2.05, 4.69) is 225 Å². The fourth-order valence-corrected chi connectivity index (χ4v) is 17.3. The topological polar surface area (TPSA) is 4.93 Å². The second-order valence-electron chi connectivity index (χ2n) is 16.7. The molecule has 0 saturated carbocycles. The van der Waals surface area contributed by atoms with Gasteiger partial charge in [-0.1, -0.05) is 60.7 Å². The monoisotopic (exact) mass is 879 g/mol. The summed E-state index contributed by atoms with van der Waals surface area (Å²) in [6.07, 6.45) is 0. The number of hydrogen-bond acceptors (Lipinski definition) is 0. The second kappa shape index (κ2) is 13.2. The molecule has 1 heterocycles. The Morgan fingerprint density at radius 2 is 1.00 bits per heavy atom. The van der Waals surface area contributed by atoms with Gasteiger partial charge in [-0.2, -0.15) is 0 Å². The van der Waals surface area contributed by atoms with E-state index in [1.54, 1.807) is 0 Å². The number of halogens is 1. The Morgan fingerprint density at radius 1 is 0.417 bits per heavy atom. The van der Waals surface area contributed by atoms with Crippen LogP contribution in [0.1, 0.15) is 25.0 Å². The van der Waals surface area contributed by atoms with Crippen LogP contribution in [0.25, 0.3) is 82.1 Å². The molecule has 0 bridgehead atoms. The van der Waals surface area contributed by atoms with Crippen LogP contribution in [-0.2, 0) is 5.41 Å². The maximum atomic E-state index is 5.23. The Kier molecular flexibility index (Phi) is 7.77. The first-order valence-corrected chi connectivity index (χ1v) is 25.5. The number of aromatic nitrogens is 1. The maximum absolute atomic E-state index is 5.23. The van der Waals surface area contributed by atoms with Crippen molar-refractivity contribution < 1.29 is 0 Å². The molecule has 0 spiro atoms. The molecule has 1 unspecified atom stereocenters. The van der Waals surface area contributed by atoms with Gasteiger partial charge in [0.2, 0.25) is 0 Å². The summed E-state index contributed by atoms with van der Waals surface area (Å²) < 4.78 is 11.8. The molecule has 1 aromatic heterocycles. The third-order valence-electron chi connectivity index (χ3n) is 13.2. The average Bonchev–Trinajstić information content (AvgIpc) is 3.78. The molecule has 0 fully saturated rings. The number of hydrogen-bond donors (Lipinski definition) is 0. The van der Waals surface area contributed by atoms with Crippen molar-refractivity contribution in [3.05, 3.63) is 228 Å². The molecule has 0 saturated heterocycles. The van der Waals surface area contributed by atoms with E-state index >= 15 is 0 Å². The van der Waals surface area contributed by atoms with Crippen LogP contribution in [0.4, 0.5) is 0 Å². The molecule has 0 radical (unpaired) electrons. The predicted molar refractivity (Wildman–Crippen MR) is 266 cm³/mol. The van der Waals surface area contributed by atoms with Crippen molar-refractivity contribution in [1.82, 2.24) is 4.57 Å². The molecule has 1 aliphatic carbocycles. The summed E-state index contributed by atoms with van der Waals surface area (Å²) in [5, 5.41) is 10.3. The van der Waals surface area contributed by atoms with Gasteiger partial charge in [-0.15, -0.1) is 0 Å². The van der Waals surface area contributed by atoms with Crippen molar-refractivity contribution in [2.24, 2.45) is 0 Å². The summed E-state index contributed by atoms with van der Waals surface area (Å²) in [7, 11) is 0.